The Balaban J connectivity index is 4.73. The first kappa shape index (κ1) is 15.3. The van der Waals surface area contributed by atoms with Crippen LogP contribution in [0.25, 0.3) is 0 Å². The Labute approximate surface area is 94.4 Å². The van der Waals surface area contributed by atoms with Crippen molar-refractivity contribution in [3.63, 3.8) is 0 Å². The summed E-state index contributed by atoms with van der Waals surface area (Å²) in [4.78, 5) is 10.9. The summed E-state index contributed by atoms with van der Waals surface area (Å²) in [7, 11) is 0. The number of halogens is 3. The van der Waals surface area contributed by atoms with Gasteiger partial charge in [0, 0.05) is 0 Å². The van der Waals surface area contributed by atoms with Gasteiger partial charge in [0.25, 0.3) is 0 Å². The fraction of sp³-hybridized carbons (Fsp3) is 0.909. The maximum atomic E-state index is 12.7. The van der Waals surface area contributed by atoms with E-state index in [-0.39, 0.29) is 0 Å². The van der Waals surface area contributed by atoms with Crippen LogP contribution in [-0.2, 0) is 4.79 Å². The molecule has 0 aromatic rings. The second kappa shape index (κ2) is 6.76. The lowest BCUT2D eigenvalue weighted by molar-refractivity contribution is -0.193. The van der Waals surface area contributed by atoms with E-state index >= 15 is 0 Å². The molecule has 0 bridgehead atoms. The minimum Gasteiger partial charge on any atom is -0.369 e. The van der Waals surface area contributed by atoms with Crippen molar-refractivity contribution in [2.75, 3.05) is 0 Å². The van der Waals surface area contributed by atoms with Gasteiger partial charge in [-0.2, -0.15) is 13.2 Å². The van der Waals surface area contributed by atoms with Gasteiger partial charge in [0.15, 0.2) is 0 Å². The van der Waals surface area contributed by atoms with Crippen molar-refractivity contribution in [3.05, 3.63) is 0 Å². The van der Waals surface area contributed by atoms with E-state index < -0.39 is 23.9 Å². The van der Waals surface area contributed by atoms with Gasteiger partial charge in [0.2, 0.25) is 5.91 Å². The first-order chi connectivity index (χ1) is 7.34. The van der Waals surface area contributed by atoms with Gasteiger partial charge >= 0.3 is 6.18 Å². The van der Waals surface area contributed by atoms with Crippen LogP contribution < -0.4 is 5.73 Å². The van der Waals surface area contributed by atoms with Crippen molar-refractivity contribution in [1.29, 1.82) is 0 Å². The molecule has 0 aromatic heterocycles. The zero-order valence-corrected chi connectivity index (χ0v) is 9.81. The van der Waals surface area contributed by atoms with Crippen molar-refractivity contribution >= 4 is 5.91 Å². The highest BCUT2D eigenvalue weighted by Crippen LogP contribution is 2.36. The van der Waals surface area contributed by atoms with Gasteiger partial charge in [-0.1, -0.05) is 33.1 Å². The molecule has 0 rings (SSSR count). The number of primary amides is 1. The Kier molecular flexibility index (Phi) is 6.45. The third-order valence-electron chi connectivity index (χ3n) is 2.72. The molecule has 0 saturated carbocycles. The number of nitrogens with two attached hydrogens (primary N) is 1. The molecule has 0 radical (unpaired) electrons. The summed E-state index contributed by atoms with van der Waals surface area (Å²) in [5, 5.41) is 0. The first-order valence-corrected chi connectivity index (χ1v) is 5.70. The Morgan fingerprint density at radius 1 is 1.19 bits per heavy atom. The summed E-state index contributed by atoms with van der Waals surface area (Å²) in [5.41, 5.74) is 4.87. The van der Waals surface area contributed by atoms with E-state index in [4.69, 9.17) is 5.73 Å². The largest absolute Gasteiger partial charge is 0.400 e. The Morgan fingerprint density at radius 2 is 1.75 bits per heavy atom. The summed E-state index contributed by atoms with van der Waals surface area (Å²) in [6, 6.07) is 0. The molecule has 0 aliphatic rings. The molecule has 5 heteroatoms. The monoisotopic (exact) mass is 239 g/mol. The Morgan fingerprint density at radius 3 is 2.06 bits per heavy atom. The number of rotatable bonds is 7. The van der Waals surface area contributed by atoms with Crippen molar-refractivity contribution in [2.24, 2.45) is 17.6 Å². The molecule has 0 saturated heterocycles. The quantitative estimate of drug-likeness (QED) is 0.728. The van der Waals surface area contributed by atoms with Gasteiger partial charge in [-0.15, -0.1) is 0 Å². The van der Waals surface area contributed by atoms with Gasteiger partial charge in [0.1, 0.15) is 5.92 Å². The molecular weight excluding hydrogens is 219 g/mol. The second-order valence-corrected chi connectivity index (χ2v) is 4.11. The van der Waals surface area contributed by atoms with Crippen LogP contribution in [0.15, 0.2) is 0 Å². The lowest BCUT2D eigenvalue weighted by atomic mass is 9.83. The molecule has 1 unspecified atom stereocenters. The van der Waals surface area contributed by atoms with Crippen LogP contribution in [0.1, 0.15) is 46.0 Å². The van der Waals surface area contributed by atoms with E-state index in [1.807, 2.05) is 13.8 Å². The maximum absolute atomic E-state index is 12.7. The molecule has 0 aliphatic carbocycles. The SMILES string of the molecule is CCCCC(CCC)[C@@H](C(N)=O)C(F)(F)F. The summed E-state index contributed by atoms with van der Waals surface area (Å²) < 4.78 is 38.0. The lowest BCUT2D eigenvalue weighted by Gasteiger charge is -2.26. The number of carbonyl (C=O) groups is 1. The van der Waals surface area contributed by atoms with E-state index in [9.17, 15) is 18.0 Å². The van der Waals surface area contributed by atoms with Crippen LogP contribution in [0.2, 0.25) is 0 Å². The van der Waals surface area contributed by atoms with Gasteiger partial charge in [0.05, 0.1) is 0 Å². The van der Waals surface area contributed by atoms with Crippen LogP contribution >= 0.6 is 0 Å². The molecule has 2 N–H and O–H groups in total. The van der Waals surface area contributed by atoms with E-state index in [0.717, 1.165) is 6.42 Å². The number of hydrogen-bond donors (Lipinski definition) is 1. The zero-order valence-electron chi connectivity index (χ0n) is 9.81. The molecule has 96 valence electrons. The summed E-state index contributed by atoms with van der Waals surface area (Å²) in [5.74, 6) is -3.90. The predicted molar refractivity (Wildman–Crippen MR) is 56.7 cm³/mol. The highest BCUT2D eigenvalue weighted by molar-refractivity contribution is 5.77. The molecule has 2 atom stereocenters. The van der Waals surface area contributed by atoms with E-state index in [0.29, 0.717) is 25.7 Å². The van der Waals surface area contributed by atoms with E-state index in [2.05, 4.69) is 0 Å². The molecular formula is C11H20F3NO. The summed E-state index contributed by atoms with van der Waals surface area (Å²) in [6.45, 7) is 3.73. The van der Waals surface area contributed by atoms with Crippen molar-refractivity contribution < 1.29 is 18.0 Å². The molecule has 2 nitrogen and oxygen atoms in total. The minimum atomic E-state index is -4.51. The van der Waals surface area contributed by atoms with Gasteiger partial charge in [-0.3, -0.25) is 4.79 Å². The Bertz CT molecular complexity index is 216. The van der Waals surface area contributed by atoms with Crippen LogP contribution in [-0.4, -0.2) is 12.1 Å². The van der Waals surface area contributed by atoms with Gasteiger partial charge in [-0.25, -0.2) is 0 Å². The zero-order chi connectivity index (χ0) is 12.8. The number of hydrogen-bond acceptors (Lipinski definition) is 1. The average Bonchev–Trinajstić information content (AvgIpc) is 2.11. The smallest absolute Gasteiger partial charge is 0.369 e. The van der Waals surface area contributed by atoms with Crippen molar-refractivity contribution in [2.45, 2.75) is 52.1 Å². The molecule has 0 aliphatic heterocycles. The maximum Gasteiger partial charge on any atom is 0.400 e. The number of unbranched alkanes of at least 4 members (excludes halogenated alkanes) is 1. The van der Waals surface area contributed by atoms with Gasteiger partial charge < -0.3 is 5.73 Å². The number of amides is 1. The third kappa shape index (κ3) is 4.86. The van der Waals surface area contributed by atoms with Crippen LogP contribution in [0.5, 0.6) is 0 Å². The standard InChI is InChI=1S/C11H20F3NO/c1-3-5-7-8(6-4-2)9(10(15)16)11(12,13)14/h8-9H,3-7H2,1-2H3,(H2,15,16)/t8?,9-/m0/s1. The fourth-order valence-electron chi connectivity index (χ4n) is 1.98. The van der Waals surface area contributed by atoms with E-state index in [1.165, 1.54) is 0 Å². The fourth-order valence-corrected chi connectivity index (χ4v) is 1.98. The van der Waals surface area contributed by atoms with E-state index in [1.54, 1.807) is 0 Å². The van der Waals surface area contributed by atoms with Crippen LogP contribution in [0.3, 0.4) is 0 Å². The molecule has 0 fully saturated rings. The lowest BCUT2D eigenvalue weighted by Crippen LogP contribution is -2.41. The molecule has 0 spiro atoms. The first-order valence-electron chi connectivity index (χ1n) is 5.70. The predicted octanol–water partition coefficient (Wildman–Crippen LogP) is 3.26. The summed E-state index contributed by atoms with van der Waals surface area (Å²) in [6.07, 6.45) is -1.55. The van der Waals surface area contributed by atoms with Gasteiger partial charge in [-0.05, 0) is 18.8 Å². The average molecular weight is 239 g/mol. The van der Waals surface area contributed by atoms with Crippen molar-refractivity contribution in [1.82, 2.24) is 0 Å². The molecule has 0 aromatic carbocycles. The topological polar surface area (TPSA) is 43.1 Å². The highest BCUT2D eigenvalue weighted by Gasteiger charge is 2.47. The molecule has 1 amide bonds. The van der Waals surface area contributed by atoms with Crippen LogP contribution in [0.4, 0.5) is 13.2 Å². The highest BCUT2D eigenvalue weighted by atomic mass is 19.4. The summed E-state index contributed by atoms with van der Waals surface area (Å²) >= 11 is 0. The second-order valence-electron chi connectivity index (χ2n) is 4.11. The van der Waals surface area contributed by atoms with Crippen LogP contribution in [0, 0.1) is 11.8 Å². The third-order valence-corrected chi connectivity index (χ3v) is 2.72. The number of alkyl halides is 3. The van der Waals surface area contributed by atoms with Crippen molar-refractivity contribution in [3.8, 4) is 0 Å². The number of carbonyl (C=O) groups excluding carboxylic acids is 1. The minimum absolute atomic E-state index is 0.396. The Hall–Kier alpha value is -0.740. The molecule has 0 heterocycles. The normalized spacial score (nSPS) is 15.8. The molecule has 16 heavy (non-hydrogen) atoms.